The van der Waals surface area contributed by atoms with E-state index in [2.05, 4.69) is 42.6 Å². The fourth-order valence-corrected chi connectivity index (χ4v) is 11.7. The number of halogens is 27. The predicted molar refractivity (Wildman–Crippen MR) is 366 cm³/mol. The number of hydrogen-bond donors (Lipinski definition) is 0. The summed E-state index contributed by atoms with van der Waals surface area (Å²) in [6, 6.07) is 0. The van der Waals surface area contributed by atoms with Crippen LogP contribution in [0, 0.1) is 62.1 Å². The lowest BCUT2D eigenvalue weighted by Gasteiger charge is -2.33. The molecule has 2 saturated heterocycles. The second kappa shape index (κ2) is 42.0. The zero-order valence-electron chi connectivity index (χ0n) is 69.7. The molecule has 0 aromatic heterocycles. The summed E-state index contributed by atoms with van der Waals surface area (Å²) in [7, 11) is 0. The van der Waals surface area contributed by atoms with Gasteiger partial charge in [-0.05, 0) is 141 Å². The van der Waals surface area contributed by atoms with Crippen LogP contribution in [0.2, 0.25) is 0 Å². The molecule has 26 nitrogen and oxygen atoms in total. The third-order valence-electron chi connectivity index (χ3n) is 21.4. The van der Waals surface area contributed by atoms with Crippen molar-refractivity contribution in [2.75, 3.05) is 6.61 Å². The fourth-order valence-electron chi connectivity index (χ4n) is 11.7. The molecule has 0 radical (unpaired) electrons. The Morgan fingerprint density at radius 2 is 0.614 bits per heavy atom. The van der Waals surface area contributed by atoms with Crippen LogP contribution in [-0.2, 0) is 124 Å². The van der Waals surface area contributed by atoms with Crippen molar-refractivity contribution in [1.82, 2.24) is 0 Å². The van der Waals surface area contributed by atoms with E-state index < -0.39 is 257 Å². The molecular formula is C74H95F27O26. The van der Waals surface area contributed by atoms with Crippen LogP contribution in [0.15, 0.2) is 0 Å². The van der Waals surface area contributed by atoms with Crippen molar-refractivity contribution >= 4 is 77.6 Å². The van der Waals surface area contributed by atoms with Gasteiger partial charge in [0.05, 0.1) is 27.6 Å². The molecule has 2 aliphatic heterocycles. The number of fused-ring (bicyclic) bond motifs is 2. The van der Waals surface area contributed by atoms with Crippen LogP contribution >= 0.6 is 0 Å². The molecular weight excluding hydrogens is 1820 g/mol. The largest absolute Gasteiger partial charge is 0.458 e. The summed E-state index contributed by atoms with van der Waals surface area (Å²) in [5.41, 5.74) is -8.01. The molecule has 4 aliphatic carbocycles. The van der Waals surface area contributed by atoms with Gasteiger partial charge in [0.25, 0.3) is 24.4 Å². The Balaban J connectivity index is 0.000000807. The molecule has 6 fully saturated rings. The van der Waals surface area contributed by atoms with Gasteiger partial charge in [0, 0.05) is 23.7 Å². The lowest BCUT2D eigenvalue weighted by atomic mass is 9.73. The van der Waals surface area contributed by atoms with E-state index >= 15 is 0 Å². The Morgan fingerprint density at radius 1 is 0.354 bits per heavy atom. The van der Waals surface area contributed by atoms with E-state index in [1.807, 2.05) is 13.8 Å². The molecule has 736 valence electrons. The van der Waals surface area contributed by atoms with Crippen LogP contribution in [0.4, 0.5) is 119 Å². The van der Waals surface area contributed by atoms with E-state index in [0.29, 0.717) is 32.1 Å². The van der Waals surface area contributed by atoms with Crippen molar-refractivity contribution < 1.29 is 242 Å². The van der Waals surface area contributed by atoms with Crippen LogP contribution in [0.1, 0.15) is 190 Å². The molecule has 0 aromatic rings. The Bertz CT molecular complexity index is 3720. The smallest absolute Gasteiger partial charge is 0.434 e. The topological polar surface area (TPSA) is 342 Å². The molecule has 17 atom stereocenters. The second-order valence-electron chi connectivity index (χ2n) is 32.3. The highest BCUT2D eigenvalue weighted by Crippen LogP contribution is 2.65. The standard InChI is InChI=1S/C18H23F3O6.C17H21F3O6.2C15H17F9O6.C8H13F3O2.CH4/c1-5-16(3,4)13(22)26-11-9-6-10-12(11)27-15(24)17(10,7-9)14(23)25-8(2)18(19,20)21;1-4-7(2)13(21)25-11-9-5-10-12(11)26-15(23)16(10,6-9)14(22)24-8(3)17(18,19)20;2*1-5-12(3,4)11(27)29-7(8(25)28-6(2)13(16,17)18)9(26)30-10(14(19,20)21)15(22,23)24;1-4-7(2,3)6(12)13-5-8(9,10)11;/h8-12H,5-7H2,1-4H3;7-12H,4-6H2,1-3H3;2*6-7,10H,5H2,1-4H3;4-5H2,1-3H3;1H4. The number of carbonyl (C=O) groups excluding carboxylic acids is 13. The lowest BCUT2D eigenvalue weighted by Crippen LogP contribution is -2.50. The van der Waals surface area contributed by atoms with Crippen LogP contribution in [0.5, 0.6) is 0 Å². The van der Waals surface area contributed by atoms with Gasteiger partial charge in [0.15, 0.2) is 41.9 Å². The minimum atomic E-state index is -6.19. The SMILES string of the molecule is C.CCC(C)(C)C(=O)OC(C(=O)OC(C)C(F)(F)F)C(=O)OC(C(F)(F)F)C(F)(F)F.CCC(C)(C)C(=O)OC(C(=O)OC(C)C(F)(F)F)C(=O)OC(C(F)(F)F)C(F)(F)F.CCC(C)(C)C(=O)OC1C2CC3C1OC(=O)C3(C(=O)OC(C)C(F)(F)F)C2.CCC(C)(C)C(=O)OCC(F)(F)F.CCC(C)C(=O)OC1C2CC3C1OC(=O)C3(C(=O)OC(C)C(F)(F)F)C2. The molecule has 4 saturated carbocycles. The number of rotatable bonds is 27. The van der Waals surface area contributed by atoms with Gasteiger partial charge in [0.1, 0.15) is 24.4 Å². The number of hydrogen-bond acceptors (Lipinski definition) is 26. The van der Waals surface area contributed by atoms with Gasteiger partial charge >= 0.3 is 133 Å². The van der Waals surface area contributed by atoms with E-state index in [1.54, 1.807) is 41.5 Å². The van der Waals surface area contributed by atoms with Gasteiger partial charge in [-0.2, -0.15) is 119 Å². The molecule has 0 spiro atoms. The maximum Gasteiger partial charge on any atom is 0.434 e. The summed E-state index contributed by atoms with van der Waals surface area (Å²) in [5, 5.41) is 0. The molecule has 4 bridgehead atoms. The minimum Gasteiger partial charge on any atom is -0.458 e. The van der Waals surface area contributed by atoms with Crippen molar-refractivity contribution in [1.29, 1.82) is 0 Å². The Kier molecular flexibility index (Phi) is 38.4. The van der Waals surface area contributed by atoms with Gasteiger partial charge in [0.2, 0.25) is 0 Å². The Hall–Kier alpha value is -8.78. The maximum absolute atomic E-state index is 12.7. The number of ether oxygens (including phenoxy) is 13. The van der Waals surface area contributed by atoms with E-state index in [-0.39, 0.29) is 64.7 Å². The molecule has 17 unspecified atom stereocenters. The van der Waals surface area contributed by atoms with Gasteiger partial charge in [-0.1, -0.05) is 49.0 Å². The van der Waals surface area contributed by atoms with Crippen molar-refractivity contribution in [3.05, 3.63) is 0 Å². The summed E-state index contributed by atoms with van der Waals surface area (Å²) < 4.78 is 394. The van der Waals surface area contributed by atoms with Crippen LogP contribution in [-0.4, -0.2) is 213 Å². The molecule has 2 heterocycles. The van der Waals surface area contributed by atoms with Gasteiger partial charge < -0.3 is 61.6 Å². The van der Waals surface area contributed by atoms with Crippen molar-refractivity contribution in [3.63, 3.8) is 0 Å². The highest BCUT2D eigenvalue weighted by atomic mass is 19.4. The molecule has 53 heteroatoms. The normalized spacial score (nSPS) is 23.8. The van der Waals surface area contributed by atoms with E-state index in [4.69, 9.17) is 18.9 Å². The first-order chi connectivity index (χ1) is 56.3. The second-order valence-corrected chi connectivity index (χ2v) is 32.3. The first-order valence-corrected chi connectivity index (χ1v) is 37.6. The van der Waals surface area contributed by atoms with Crippen molar-refractivity contribution in [3.8, 4) is 0 Å². The Morgan fingerprint density at radius 3 is 0.874 bits per heavy atom. The predicted octanol–water partition coefficient (Wildman–Crippen LogP) is 16.1. The zero-order valence-corrected chi connectivity index (χ0v) is 69.7. The monoisotopic (exact) mass is 1910 g/mol. The molecule has 0 aromatic carbocycles. The Labute approximate surface area is 705 Å². The fraction of sp³-hybridized carbons (Fsp3) is 0.824. The highest BCUT2D eigenvalue weighted by Gasteiger charge is 2.78. The number of esters is 13. The molecule has 0 amide bonds. The molecule has 127 heavy (non-hydrogen) atoms. The average molecular weight is 1910 g/mol. The van der Waals surface area contributed by atoms with E-state index in [9.17, 15) is 181 Å². The highest BCUT2D eigenvalue weighted by molar-refractivity contribution is 6.04. The van der Waals surface area contributed by atoms with Crippen molar-refractivity contribution in [2.24, 2.45) is 62.1 Å². The van der Waals surface area contributed by atoms with Crippen LogP contribution in [0.25, 0.3) is 0 Å². The molecule has 6 rings (SSSR count). The third-order valence-corrected chi connectivity index (χ3v) is 21.4. The zero-order chi connectivity index (χ0) is 99.1. The van der Waals surface area contributed by atoms with E-state index in [0.717, 1.165) is 41.5 Å². The van der Waals surface area contributed by atoms with Gasteiger partial charge in [-0.25, -0.2) is 19.2 Å². The maximum atomic E-state index is 12.7. The first kappa shape index (κ1) is 116. The quantitative estimate of drug-likeness (QED) is 0.0319. The van der Waals surface area contributed by atoms with Gasteiger partial charge in [-0.15, -0.1) is 0 Å². The third kappa shape index (κ3) is 29.6. The van der Waals surface area contributed by atoms with Crippen LogP contribution < -0.4 is 0 Å². The summed E-state index contributed by atoms with van der Waals surface area (Å²) in [5.74, 6) is -21.1. The number of alkyl halides is 27. The van der Waals surface area contributed by atoms with E-state index in [1.165, 1.54) is 13.8 Å². The number of carbonyl (C=O) groups is 13. The molecule has 6 aliphatic rings. The summed E-state index contributed by atoms with van der Waals surface area (Å²) in [6.45, 7) is 21.6. The first-order valence-electron chi connectivity index (χ1n) is 37.6. The van der Waals surface area contributed by atoms with Gasteiger partial charge in [-0.3, -0.25) is 43.2 Å². The average Bonchev–Trinajstić information content (AvgIpc) is 1.53. The lowest BCUT2D eigenvalue weighted by molar-refractivity contribution is -0.315. The van der Waals surface area contributed by atoms with Crippen molar-refractivity contribution in [2.45, 2.75) is 319 Å². The van der Waals surface area contributed by atoms with Crippen LogP contribution in [0.3, 0.4) is 0 Å². The molecule has 0 N–H and O–H groups in total. The summed E-state index contributed by atoms with van der Waals surface area (Å²) in [6.07, 6.45) is -76.2. The summed E-state index contributed by atoms with van der Waals surface area (Å²) in [4.78, 5) is 156. The minimum absolute atomic E-state index is 0. The summed E-state index contributed by atoms with van der Waals surface area (Å²) >= 11 is 0.